The van der Waals surface area contributed by atoms with Crippen molar-refractivity contribution in [1.29, 1.82) is 3.65 Å². The molecule has 0 bridgehead atoms. The second-order valence-corrected chi connectivity index (χ2v) is 1.34. The molecule has 0 aromatic carbocycles. The van der Waals surface area contributed by atoms with Crippen LogP contribution in [0.15, 0.2) is 0 Å². The summed E-state index contributed by atoms with van der Waals surface area (Å²) >= 11 is 1.00. The average Bonchev–Trinajstić information content (AvgIpc) is 2.31. The Balaban J connectivity index is -0.0000000492. The van der Waals surface area contributed by atoms with Crippen molar-refractivity contribution in [2.75, 3.05) is 39.6 Å². The van der Waals surface area contributed by atoms with E-state index in [9.17, 15) is 0 Å². The van der Waals surface area contributed by atoms with Crippen molar-refractivity contribution in [2.45, 2.75) is 0 Å². The van der Waals surface area contributed by atoms with E-state index in [1.54, 1.807) is 0 Å². The van der Waals surface area contributed by atoms with Crippen LogP contribution in [0.1, 0.15) is 0 Å². The van der Waals surface area contributed by atoms with Gasteiger partial charge in [-0.1, -0.05) is 0 Å². The Kier molecular flexibility index (Phi) is 86.9. The first-order valence-corrected chi connectivity index (χ1v) is 4.32. The Morgan fingerprint density at radius 2 is 0.571 bits per heavy atom. The van der Waals surface area contributed by atoms with Crippen LogP contribution in [-0.4, -0.2) is 70.3 Å². The number of aliphatic hydroxyl groups is 6. The molecule has 0 rings (SSSR count). The molecule has 0 atom stereocenters. The quantitative estimate of drug-likeness (QED) is 0.290. The van der Waals surface area contributed by atoms with Gasteiger partial charge in [-0.2, -0.15) is 0 Å². The van der Waals surface area contributed by atoms with Gasteiger partial charge in [0.2, 0.25) is 0 Å². The number of nitrogens with zero attached hydrogens (tertiary/aromatic N) is 1. The molecule has 0 aliphatic rings. The van der Waals surface area contributed by atoms with E-state index < -0.39 is 0 Å². The van der Waals surface area contributed by atoms with E-state index in [2.05, 4.69) is 0 Å². The summed E-state index contributed by atoms with van der Waals surface area (Å²) in [7, 11) is 0. The predicted octanol–water partition coefficient (Wildman–Crippen LogP) is -3.07. The minimum atomic E-state index is -0.125. The molecule has 0 saturated heterocycles. The molecule has 0 fully saturated rings. The average molecular weight is 248 g/mol. The fourth-order valence-electron chi connectivity index (χ4n) is 0. The molecule has 0 amide bonds. The van der Waals surface area contributed by atoms with Crippen molar-refractivity contribution in [3.05, 3.63) is 0 Å². The van der Waals surface area contributed by atoms with Crippen LogP contribution in [-0.2, 0) is 20.1 Å². The zero-order valence-electron chi connectivity index (χ0n) is 7.87. The summed E-state index contributed by atoms with van der Waals surface area (Å²) in [6.45, 7) is -0.750. The molecule has 14 heavy (non-hydrogen) atoms. The van der Waals surface area contributed by atoms with Crippen LogP contribution in [0.4, 0.5) is 0 Å². The molecule has 0 aromatic heterocycles. The first-order valence-electron chi connectivity index (χ1n) is 3.62. The third-order valence-corrected chi connectivity index (χ3v) is 0.300. The van der Waals surface area contributed by atoms with Gasteiger partial charge in [-0.3, -0.25) is 0 Å². The van der Waals surface area contributed by atoms with Crippen molar-refractivity contribution in [3.8, 4) is 0 Å². The normalized spacial score (nSPS) is 6.79. The summed E-state index contributed by atoms with van der Waals surface area (Å²) in [5.74, 6) is 0. The maximum atomic E-state index is 7.62. The number of hydrogen-bond acceptors (Lipinski definition) is 7. The Bertz CT molecular complexity index is 59.1. The SMILES string of the molecule is OCCO.OCCO.OCCO.[N]#[Ti]. The summed E-state index contributed by atoms with van der Waals surface area (Å²) < 4.78 is 7.00. The third-order valence-electron chi connectivity index (χ3n) is 0.300. The molecule has 87 valence electrons. The number of aliphatic hydroxyl groups excluding tert-OH is 6. The first kappa shape index (κ1) is 23.8. The van der Waals surface area contributed by atoms with E-state index in [0.717, 1.165) is 20.1 Å². The van der Waals surface area contributed by atoms with Gasteiger partial charge >= 0.3 is 23.7 Å². The van der Waals surface area contributed by atoms with Gasteiger partial charge in [0.1, 0.15) is 0 Å². The standard InChI is InChI=1S/3C2H6O2.N.Ti/c3*3-1-2-4;;/h3*3-4H,1-2H2;;. The summed E-state index contributed by atoms with van der Waals surface area (Å²) in [5, 5.41) is 45.8. The molecular weight excluding hydrogens is 230 g/mol. The molecule has 8 heteroatoms. The van der Waals surface area contributed by atoms with E-state index in [0.29, 0.717) is 0 Å². The van der Waals surface area contributed by atoms with Crippen LogP contribution in [0.25, 0.3) is 0 Å². The van der Waals surface area contributed by atoms with Gasteiger partial charge in [-0.15, -0.1) is 0 Å². The van der Waals surface area contributed by atoms with Gasteiger partial charge in [-0.05, 0) is 0 Å². The fraction of sp³-hybridized carbons (Fsp3) is 1.00. The van der Waals surface area contributed by atoms with Crippen LogP contribution in [0.3, 0.4) is 0 Å². The first-order chi connectivity index (χ1) is 6.74. The van der Waals surface area contributed by atoms with E-state index in [4.69, 9.17) is 34.3 Å². The Morgan fingerprint density at radius 1 is 0.500 bits per heavy atom. The van der Waals surface area contributed by atoms with Crippen LogP contribution in [0.2, 0.25) is 0 Å². The summed E-state index contributed by atoms with van der Waals surface area (Å²) in [4.78, 5) is 0. The maximum absolute atomic E-state index is 7.62. The molecule has 0 aliphatic heterocycles. The Morgan fingerprint density at radius 3 is 0.571 bits per heavy atom. The topological polar surface area (TPSA) is 145 Å². The van der Waals surface area contributed by atoms with Crippen molar-refractivity contribution < 1.29 is 50.7 Å². The molecule has 0 aliphatic carbocycles. The summed E-state index contributed by atoms with van der Waals surface area (Å²) in [5.41, 5.74) is 0. The van der Waals surface area contributed by atoms with E-state index >= 15 is 0 Å². The van der Waals surface area contributed by atoms with Gasteiger partial charge in [0, 0.05) is 0 Å². The molecule has 6 N–H and O–H groups in total. The number of hydrogen-bond donors (Lipinski definition) is 6. The minimum absolute atomic E-state index is 0.125. The summed E-state index contributed by atoms with van der Waals surface area (Å²) in [6.07, 6.45) is 0. The van der Waals surface area contributed by atoms with Crippen molar-refractivity contribution in [3.63, 3.8) is 0 Å². The zero-order valence-corrected chi connectivity index (χ0v) is 9.43. The van der Waals surface area contributed by atoms with Gasteiger partial charge in [-0.25, -0.2) is 0 Å². The van der Waals surface area contributed by atoms with Crippen molar-refractivity contribution in [2.24, 2.45) is 0 Å². The van der Waals surface area contributed by atoms with Crippen LogP contribution in [0.5, 0.6) is 0 Å². The molecule has 0 heterocycles. The second-order valence-electron chi connectivity index (χ2n) is 1.34. The predicted molar refractivity (Wildman–Crippen MR) is 44.2 cm³/mol. The summed E-state index contributed by atoms with van der Waals surface area (Å²) in [6, 6.07) is 0. The van der Waals surface area contributed by atoms with Crippen LogP contribution in [0, 0.1) is 3.65 Å². The molecule has 0 aromatic rings. The third kappa shape index (κ3) is 150. The molecule has 0 radical (unpaired) electrons. The molecule has 0 saturated carbocycles. The van der Waals surface area contributed by atoms with E-state index in [-0.39, 0.29) is 39.6 Å². The monoisotopic (exact) mass is 248 g/mol. The van der Waals surface area contributed by atoms with Gasteiger partial charge in [0.25, 0.3) is 0 Å². The van der Waals surface area contributed by atoms with Gasteiger partial charge < -0.3 is 30.6 Å². The van der Waals surface area contributed by atoms with Crippen molar-refractivity contribution >= 4 is 0 Å². The van der Waals surface area contributed by atoms with Crippen LogP contribution >= 0.6 is 0 Å². The van der Waals surface area contributed by atoms with Crippen molar-refractivity contribution in [1.82, 2.24) is 0 Å². The Labute approximate surface area is 94.3 Å². The fourth-order valence-corrected chi connectivity index (χ4v) is 0. The van der Waals surface area contributed by atoms with Crippen LogP contribution < -0.4 is 0 Å². The Hall–Kier alpha value is 0.184. The van der Waals surface area contributed by atoms with Gasteiger partial charge in [0.05, 0.1) is 39.6 Å². The molecular formula is C6H18NO6Ti. The second kappa shape index (κ2) is 51.2. The van der Waals surface area contributed by atoms with E-state index in [1.165, 1.54) is 0 Å². The van der Waals surface area contributed by atoms with E-state index in [1.807, 2.05) is 0 Å². The van der Waals surface area contributed by atoms with Gasteiger partial charge in [0.15, 0.2) is 0 Å². The number of rotatable bonds is 3. The molecule has 0 unspecified atom stereocenters. The molecule has 7 nitrogen and oxygen atoms in total. The zero-order chi connectivity index (χ0) is 12.2. The molecule has 0 spiro atoms.